The van der Waals surface area contributed by atoms with E-state index in [0.29, 0.717) is 5.75 Å². The Morgan fingerprint density at radius 2 is 1.82 bits per heavy atom. The molecular formula is C25H22F3N3O2. The lowest BCUT2D eigenvalue weighted by Crippen LogP contribution is -2.30. The van der Waals surface area contributed by atoms with Crippen LogP contribution in [0.25, 0.3) is 10.9 Å². The van der Waals surface area contributed by atoms with Gasteiger partial charge in [0, 0.05) is 29.6 Å². The Morgan fingerprint density at radius 3 is 2.48 bits per heavy atom. The van der Waals surface area contributed by atoms with Crippen LogP contribution in [0.1, 0.15) is 38.8 Å². The maximum absolute atomic E-state index is 12.9. The van der Waals surface area contributed by atoms with Gasteiger partial charge in [0.15, 0.2) is 0 Å². The summed E-state index contributed by atoms with van der Waals surface area (Å²) in [5.74, 6) is 0.0395. The lowest BCUT2D eigenvalue weighted by molar-refractivity contribution is -0.141. The molecule has 8 heteroatoms. The molecule has 0 saturated carbocycles. The third-order valence-electron chi connectivity index (χ3n) is 5.60. The van der Waals surface area contributed by atoms with Crippen molar-refractivity contribution in [1.29, 1.82) is 0 Å². The highest BCUT2D eigenvalue weighted by Gasteiger charge is 2.33. The molecule has 2 N–H and O–H groups in total. The van der Waals surface area contributed by atoms with Crippen molar-refractivity contribution < 1.29 is 22.7 Å². The van der Waals surface area contributed by atoms with E-state index in [9.17, 15) is 18.0 Å². The molecule has 0 radical (unpaired) electrons. The van der Waals surface area contributed by atoms with Crippen molar-refractivity contribution in [3.63, 3.8) is 0 Å². The van der Waals surface area contributed by atoms with Gasteiger partial charge in [-0.3, -0.25) is 4.79 Å². The highest BCUT2D eigenvalue weighted by atomic mass is 19.4. The molecule has 1 atom stereocenters. The number of nitrogens with zero attached hydrogens (tertiary/aromatic N) is 1. The fourth-order valence-corrected chi connectivity index (χ4v) is 3.87. The number of alkyl halides is 3. The zero-order valence-corrected chi connectivity index (χ0v) is 18.0. The zero-order valence-electron chi connectivity index (χ0n) is 18.0. The second-order valence-electron chi connectivity index (χ2n) is 7.65. The number of halogens is 3. The van der Waals surface area contributed by atoms with Crippen LogP contribution >= 0.6 is 0 Å². The molecule has 0 spiro atoms. The number of carbonyl (C=O) groups is 1. The van der Waals surface area contributed by atoms with Crippen LogP contribution in [0.2, 0.25) is 0 Å². The fraction of sp³-hybridized carbons (Fsp3) is 0.200. The number of benzene rings is 2. The van der Waals surface area contributed by atoms with Crippen molar-refractivity contribution in [3.05, 3.63) is 94.9 Å². The average Bonchev–Trinajstić information content (AvgIpc) is 3.23. The van der Waals surface area contributed by atoms with Crippen molar-refractivity contribution in [2.24, 2.45) is 0 Å². The number of aryl methyl sites for hydroxylation is 1. The van der Waals surface area contributed by atoms with Gasteiger partial charge in [0.1, 0.15) is 11.4 Å². The number of aromatic nitrogens is 2. The number of amides is 1. The largest absolute Gasteiger partial charge is 0.497 e. The summed E-state index contributed by atoms with van der Waals surface area (Å²) < 4.78 is 44.0. The number of methoxy groups -OCH3 is 1. The summed E-state index contributed by atoms with van der Waals surface area (Å²) in [6, 6.07) is 17.4. The number of carbonyl (C=O) groups excluding carboxylic acids is 1. The number of nitrogens with one attached hydrogen (secondary N) is 2. The maximum Gasteiger partial charge on any atom is 0.433 e. The monoisotopic (exact) mass is 453 g/mol. The lowest BCUT2D eigenvalue weighted by atomic mass is 9.90. The van der Waals surface area contributed by atoms with Gasteiger partial charge < -0.3 is 15.0 Å². The van der Waals surface area contributed by atoms with Gasteiger partial charge in [0.05, 0.1) is 18.4 Å². The third kappa shape index (κ3) is 4.69. The average molecular weight is 453 g/mol. The van der Waals surface area contributed by atoms with Crippen LogP contribution < -0.4 is 10.1 Å². The topological polar surface area (TPSA) is 67.0 Å². The number of ether oxygens (including phenoxy) is 1. The minimum Gasteiger partial charge on any atom is -0.497 e. The molecule has 4 rings (SSSR count). The number of aromatic amines is 1. The summed E-state index contributed by atoms with van der Waals surface area (Å²) in [5.41, 5.74) is 2.04. The van der Waals surface area contributed by atoms with Crippen LogP contribution in [0.3, 0.4) is 0 Å². The lowest BCUT2D eigenvalue weighted by Gasteiger charge is -2.19. The highest BCUT2D eigenvalue weighted by molar-refractivity contribution is 5.95. The third-order valence-corrected chi connectivity index (χ3v) is 5.60. The van der Waals surface area contributed by atoms with E-state index in [0.717, 1.165) is 34.2 Å². The van der Waals surface area contributed by atoms with Gasteiger partial charge in [-0.2, -0.15) is 13.2 Å². The molecule has 0 bridgehead atoms. The Balaban J connectivity index is 1.62. The number of para-hydroxylation sites is 1. The van der Waals surface area contributed by atoms with E-state index >= 15 is 0 Å². The highest BCUT2D eigenvalue weighted by Crippen LogP contribution is 2.32. The molecule has 2 aromatic carbocycles. The Bertz CT molecular complexity index is 1280. The van der Waals surface area contributed by atoms with Gasteiger partial charge in [-0.05, 0) is 48.4 Å². The van der Waals surface area contributed by atoms with Gasteiger partial charge in [-0.1, -0.05) is 30.3 Å². The van der Waals surface area contributed by atoms with E-state index < -0.39 is 17.8 Å². The predicted octanol–water partition coefficient (Wildman–Crippen LogP) is 5.46. The van der Waals surface area contributed by atoms with E-state index in [4.69, 9.17) is 4.74 Å². The molecule has 170 valence electrons. The summed E-state index contributed by atoms with van der Waals surface area (Å²) in [7, 11) is 1.59. The van der Waals surface area contributed by atoms with Crippen LogP contribution in [0.4, 0.5) is 13.2 Å². The van der Waals surface area contributed by atoms with Crippen LogP contribution in [-0.2, 0) is 6.18 Å². The molecule has 4 aromatic rings. The first-order valence-corrected chi connectivity index (χ1v) is 10.3. The molecule has 0 fully saturated rings. The van der Waals surface area contributed by atoms with Gasteiger partial charge in [-0.15, -0.1) is 0 Å². The number of hydrogen-bond donors (Lipinski definition) is 2. The van der Waals surface area contributed by atoms with Crippen molar-refractivity contribution in [1.82, 2.24) is 15.3 Å². The number of pyridine rings is 1. The van der Waals surface area contributed by atoms with E-state index in [2.05, 4.69) is 15.3 Å². The molecule has 33 heavy (non-hydrogen) atoms. The summed E-state index contributed by atoms with van der Waals surface area (Å²) in [4.78, 5) is 19.6. The van der Waals surface area contributed by atoms with Gasteiger partial charge in [0.2, 0.25) is 0 Å². The normalized spacial score (nSPS) is 12.5. The first-order valence-electron chi connectivity index (χ1n) is 10.3. The van der Waals surface area contributed by atoms with E-state index in [-0.39, 0.29) is 23.7 Å². The van der Waals surface area contributed by atoms with Gasteiger partial charge in [-0.25, -0.2) is 4.98 Å². The maximum atomic E-state index is 12.9. The van der Waals surface area contributed by atoms with Gasteiger partial charge >= 0.3 is 6.18 Å². The Hall–Kier alpha value is -3.81. The summed E-state index contributed by atoms with van der Waals surface area (Å²) in [6.07, 6.45) is -2.65. The summed E-state index contributed by atoms with van der Waals surface area (Å²) in [6.45, 7) is 1.64. The quantitative estimate of drug-likeness (QED) is 0.407. The van der Waals surface area contributed by atoms with Gasteiger partial charge in [0.25, 0.3) is 5.91 Å². The molecule has 2 aromatic heterocycles. The Labute approximate surface area is 188 Å². The van der Waals surface area contributed by atoms with Crippen LogP contribution in [0, 0.1) is 6.92 Å². The molecule has 0 saturated heterocycles. The SMILES string of the molecule is COc1ccc(C(CNC(=O)c2ccc(C(F)(F)F)nc2C)c2c[nH]c3ccccc23)cc1. The second-order valence-corrected chi connectivity index (χ2v) is 7.65. The summed E-state index contributed by atoms with van der Waals surface area (Å²) >= 11 is 0. The molecule has 0 aliphatic heterocycles. The second kappa shape index (κ2) is 8.97. The molecular weight excluding hydrogens is 431 g/mol. The minimum atomic E-state index is -4.56. The zero-order chi connectivity index (χ0) is 23.6. The number of rotatable bonds is 6. The minimum absolute atomic E-state index is 0.0235. The molecule has 1 amide bonds. The molecule has 2 heterocycles. The molecule has 0 aliphatic carbocycles. The first kappa shape index (κ1) is 22.4. The van der Waals surface area contributed by atoms with Crippen LogP contribution in [0.5, 0.6) is 5.75 Å². The van der Waals surface area contributed by atoms with E-state index in [1.165, 1.54) is 6.92 Å². The first-order chi connectivity index (χ1) is 15.8. The predicted molar refractivity (Wildman–Crippen MR) is 119 cm³/mol. The van der Waals surface area contributed by atoms with E-state index in [1.807, 2.05) is 54.7 Å². The smallest absolute Gasteiger partial charge is 0.433 e. The molecule has 1 unspecified atom stereocenters. The van der Waals surface area contributed by atoms with E-state index in [1.54, 1.807) is 7.11 Å². The van der Waals surface area contributed by atoms with Crippen molar-refractivity contribution >= 4 is 16.8 Å². The standard InChI is InChI=1S/C25H22F3N3O2/c1-15-18(11-12-23(31-15)25(26,27)28)24(32)30-13-20(16-7-9-17(33-2)10-8-16)21-14-29-22-6-4-3-5-19(21)22/h3-12,14,20,29H,13H2,1-2H3,(H,30,32). The van der Waals surface area contributed by atoms with Crippen molar-refractivity contribution in [3.8, 4) is 5.75 Å². The number of fused-ring (bicyclic) bond motifs is 1. The Kier molecular flexibility index (Phi) is 6.09. The summed E-state index contributed by atoms with van der Waals surface area (Å²) in [5, 5.41) is 3.90. The fourth-order valence-electron chi connectivity index (χ4n) is 3.87. The molecule has 0 aliphatic rings. The van der Waals surface area contributed by atoms with Crippen LogP contribution in [0.15, 0.2) is 66.9 Å². The number of hydrogen-bond acceptors (Lipinski definition) is 3. The Morgan fingerprint density at radius 1 is 1.09 bits per heavy atom. The van der Waals surface area contributed by atoms with Crippen LogP contribution in [-0.4, -0.2) is 29.5 Å². The molecule has 5 nitrogen and oxygen atoms in total. The van der Waals surface area contributed by atoms with Crippen molar-refractivity contribution in [2.75, 3.05) is 13.7 Å². The van der Waals surface area contributed by atoms with Crippen molar-refractivity contribution in [2.45, 2.75) is 19.0 Å². The number of H-pyrrole nitrogens is 1.